The van der Waals surface area contributed by atoms with Crippen LogP contribution in [0.1, 0.15) is 34.4 Å². The van der Waals surface area contributed by atoms with Gasteiger partial charge in [-0.15, -0.1) is 22.7 Å². The lowest BCUT2D eigenvalue weighted by Gasteiger charge is -2.41. The number of likely N-dealkylation sites (N-methyl/N-ethyl adjacent to an activating group) is 1. The molecular weight excluding hydrogens is 338 g/mol. The van der Waals surface area contributed by atoms with Gasteiger partial charge >= 0.3 is 0 Å². The smallest absolute Gasteiger partial charge is 0.261 e. The zero-order valence-corrected chi connectivity index (χ0v) is 15.9. The first-order valence-electron chi connectivity index (χ1n) is 8.53. The number of carbonyl (C=O) groups is 1. The summed E-state index contributed by atoms with van der Waals surface area (Å²) in [7, 11) is 0. The molecule has 2 aromatic heterocycles. The Hall–Kier alpha value is -1.21. The van der Waals surface area contributed by atoms with E-state index in [1.165, 1.54) is 16.2 Å². The van der Waals surface area contributed by atoms with Crippen molar-refractivity contribution in [3.63, 3.8) is 0 Å². The lowest BCUT2D eigenvalue weighted by atomic mass is 10.0. The molecule has 0 aliphatic carbocycles. The standard InChI is InChI=1S/C18H25N3OS2/c1-3-20-8-10-21(11-9-20)17(15-6-4-12-23-15)14(2)19-18(22)16-7-5-13-24-16/h4-7,12-14,17H,3,8-11H2,1-2H3,(H,19,22). The van der Waals surface area contributed by atoms with Gasteiger partial charge in [-0.2, -0.15) is 0 Å². The summed E-state index contributed by atoms with van der Waals surface area (Å²) in [6.45, 7) is 9.76. The van der Waals surface area contributed by atoms with Crippen LogP contribution >= 0.6 is 22.7 Å². The average Bonchev–Trinajstić information content (AvgIpc) is 3.29. The minimum absolute atomic E-state index is 0.0336. The summed E-state index contributed by atoms with van der Waals surface area (Å²) in [4.78, 5) is 19.6. The Labute approximate surface area is 152 Å². The molecule has 3 heterocycles. The molecule has 0 bridgehead atoms. The van der Waals surface area contributed by atoms with Gasteiger partial charge in [0.15, 0.2) is 0 Å². The lowest BCUT2D eigenvalue weighted by molar-refractivity contribution is 0.0755. The molecule has 24 heavy (non-hydrogen) atoms. The molecule has 4 nitrogen and oxygen atoms in total. The van der Waals surface area contributed by atoms with Gasteiger partial charge in [0.1, 0.15) is 0 Å². The number of hydrogen-bond acceptors (Lipinski definition) is 5. The molecular formula is C18H25N3OS2. The van der Waals surface area contributed by atoms with Gasteiger partial charge in [-0.1, -0.05) is 19.1 Å². The van der Waals surface area contributed by atoms with E-state index in [9.17, 15) is 4.79 Å². The highest BCUT2D eigenvalue weighted by Gasteiger charge is 2.30. The molecule has 2 atom stereocenters. The van der Waals surface area contributed by atoms with E-state index in [4.69, 9.17) is 0 Å². The van der Waals surface area contributed by atoms with E-state index < -0.39 is 0 Å². The number of thiophene rings is 2. The maximum atomic E-state index is 12.4. The van der Waals surface area contributed by atoms with Crippen molar-refractivity contribution in [2.24, 2.45) is 0 Å². The zero-order valence-electron chi connectivity index (χ0n) is 14.3. The molecule has 1 saturated heterocycles. The molecule has 1 fully saturated rings. The zero-order chi connectivity index (χ0) is 16.9. The fraction of sp³-hybridized carbons (Fsp3) is 0.500. The molecule has 1 amide bonds. The summed E-state index contributed by atoms with van der Waals surface area (Å²) < 4.78 is 0. The lowest BCUT2D eigenvalue weighted by Crippen LogP contribution is -2.52. The van der Waals surface area contributed by atoms with E-state index in [1.54, 1.807) is 11.3 Å². The van der Waals surface area contributed by atoms with Crippen molar-refractivity contribution in [3.05, 3.63) is 44.8 Å². The summed E-state index contributed by atoms with van der Waals surface area (Å²) in [5.74, 6) is 0.0336. The molecule has 6 heteroatoms. The maximum absolute atomic E-state index is 12.4. The summed E-state index contributed by atoms with van der Waals surface area (Å²) in [5, 5.41) is 7.28. The number of nitrogens with one attached hydrogen (secondary N) is 1. The summed E-state index contributed by atoms with van der Waals surface area (Å²) >= 11 is 3.27. The van der Waals surface area contributed by atoms with Gasteiger partial charge in [0, 0.05) is 37.1 Å². The van der Waals surface area contributed by atoms with E-state index in [2.05, 4.69) is 46.5 Å². The molecule has 0 saturated carbocycles. The first-order chi connectivity index (χ1) is 11.7. The fourth-order valence-corrected chi connectivity index (χ4v) is 4.92. The largest absolute Gasteiger partial charge is 0.347 e. The van der Waals surface area contributed by atoms with E-state index >= 15 is 0 Å². The highest BCUT2D eigenvalue weighted by atomic mass is 32.1. The Morgan fingerprint density at radius 2 is 1.88 bits per heavy atom. The third-order valence-electron chi connectivity index (χ3n) is 4.66. The third-order valence-corrected chi connectivity index (χ3v) is 6.47. The topological polar surface area (TPSA) is 35.6 Å². The average molecular weight is 364 g/mol. The van der Waals surface area contributed by atoms with Gasteiger partial charge in [-0.25, -0.2) is 0 Å². The second kappa shape index (κ2) is 8.25. The van der Waals surface area contributed by atoms with Crippen molar-refractivity contribution in [3.8, 4) is 0 Å². The van der Waals surface area contributed by atoms with Crippen molar-refractivity contribution in [1.82, 2.24) is 15.1 Å². The Morgan fingerprint density at radius 3 is 2.46 bits per heavy atom. The number of carbonyl (C=O) groups excluding carboxylic acids is 1. The van der Waals surface area contributed by atoms with Crippen LogP contribution in [0.4, 0.5) is 0 Å². The normalized spacial score (nSPS) is 19.1. The molecule has 3 rings (SSSR count). The van der Waals surface area contributed by atoms with Crippen LogP contribution in [0.15, 0.2) is 35.0 Å². The van der Waals surface area contributed by atoms with Gasteiger partial charge < -0.3 is 10.2 Å². The molecule has 0 aromatic carbocycles. The minimum Gasteiger partial charge on any atom is -0.347 e. The number of rotatable bonds is 6. The van der Waals surface area contributed by atoms with Crippen LogP contribution in [-0.4, -0.2) is 54.5 Å². The second-order valence-electron chi connectivity index (χ2n) is 6.17. The predicted molar refractivity (Wildman–Crippen MR) is 102 cm³/mol. The quantitative estimate of drug-likeness (QED) is 0.855. The summed E-state index contributed by atoms with van der Waals surface area (Å²) in [6, 6.07) is 8.41. The molecule has 2 unspecified atom stereocenters. The van der Waals surface area contributed by atoms with Crippen LogP contribution in [0.25, 0.3) is 0 Å². The first kappa shape index (κ1) is 17.6. The van der Waals surface area contributed by atoms with Crippen LogP contribution in [0, 0.1) is 0 Å². The SMILES string of the molecule is CCN1CCN(C(c2cccs2)C(C)NC(=O)c2cccs2)CC1. The molecule has 1 aliphatic heterocycles. The maximum Gasteiger partial charge on any atom is 0.261 e. The molecule has 130 valence electrons. The van der Waals surface area contributed by atoms with E-state index in [1.807, 2.05) is 17.5 Å². The number of amides is 1. The van der Waals surface area contributed by atoms with Crippen LogP contribution in [0.5, 0.6) is 0 Å². The van der Waals surface area contributed by atoms with Gasteiger partial charge in [0.05, 0.1) is 10.9 Å². The summed E-state index contributed by atoms with van der Waals surface area (Å²) in [5.41, 5.74) is 0. The van der Waals surface area contributed by atoms with Gasteiger partial charge in [0.2, 0.25) is 0 Å². The number of hydrogen-bond donors (Lipinski definition) is 1. The van der Waals surface area contributed by atoms with Crippen LogP contribution in [0.2, 0.25) is 0 Å². The second-order valence-corrected chi connectivity index (χ2v) is 8.10. The van der Waals surface area contributed by atoms with E-state index in [0.717, 1.165) is 37.6 Å². The first-order valence-corrected chi connectivity index (χ1v) is 10.3. The molecule has 2 aromatic rings. The fourth-order valence-electron chi connectivity index (χ4n) is 3.32. The predicted octanol–water partition coefficient (Wildman–Crippen LogP) is 3.31. The minimum atomic E-state index is 0.0336. The van der Waals surface area contributed by atoms with E-state index in [-0.39, 0.29) is 18.0 Å². The number of piperazine rings is 1. The van der Waals surface area contributed by atoms with Gasteiger partial charge in [-0.05, 0) is 36.4 Å². The molecule has 1 N–H and O–H groups in total. The Bertz CT molecular complexity index is 619. The monoisotopic (exact) mass is 363 g/mol. The van der Waals surface area contributed by atoms with Crippen LogP contribution < -0.4 is 5.32 Å². The summed E-state index contributed by atoms with van der Waals surface area (Å²) in [6.07, 6.45) is 0. The van der Waals surface area contributed by atoms with Gasteiger partial charge in [0.25, 0.3) is 5.91 Å². The molecule has 1 aliphatic rings. The molecule has 0 radical (unpaired) electrons. The van der Waals surface area contributed by atoms with Gasteiger partial charge in [-0.3, -0.25) is 9.69 Å². The highest BCUT2D eigenvalue weighted by molar-refractivity contribution is 7.12. The third kappa shape index (κ3) is 4.06. The van der Waals surface area contributed by atoms with Crippen molar-refractivity contribution in [1.29, 1.82) is 0 Å². The Kier molecular flexibility index (Phi) is 6.05. The Morgan fingerprint density at radius 1 is 1.17 bits per heavy atom. The Balaban J connectivity index is 1.72. The van der Waals surface area contributed by atoms with Crippen molar-refractivity contribution in [2.75, 3.05) is 32.7 Å². The van der Waals surface area contributed by atoms with Crippen LogP contribution in [0.3, 0.4) is 0 Å². The number of nitrogens with zero attached hydrogens (tertiary/aromatic N) is 2. The van der Waals surface area contributed by atoms with Crippen molar-refractivity contribution < 1.29 is 4.79 Å². The van der Waals surface area contributed by atoms with Crippen molar-refractivity contribution >= 4 is 28.6 Å². The van der Waals surface area contributed by atoms with Crippen molar-refractivity contribution in [2.45, 2.75) is 25.9 Å². The van der Waals surface area contributed by atoms with Crippen LogP contribution in [-0.2, 0) is 0 Å². The molecule has 0 spiro atoms. The van der Waals surface area contributed by atoms with E-state index in [0.29, 0.717) is 0 Å². The highest BCUT2D eigenvalue weighted by Crippen LogP contribution is 2.29.